The van der Waals surface area contributed by atoms with Crippen LogP contribution in [0.5, 0.6) is 0 Å². The lowest BCUT2D eigenvalue weighted by molar-refractivity contribution is -0.120. The van der Waals surface area contributed by atoms with E-state index in [2.05, 4.69) is 57.0 Å². The Bertz CT molecular complexity index is 855. The molecule has 8 heteroatoms. The minimum Gasteiger partial charge on any atom is -0.379 e. The fourth-order valence-electron chi connectivity index (χ4n) is 3.38. The van der Waals surface area contributed by atoms with Crippen molar-refractivity contribution < 1.29 is 19.0 Å². The maximum Gasteiger partial charge on any atom is 0.219 e. The Morgan fingerprint density at radius 3 is 1.88 bits per heavy atom. The highest BCUT2D eigenvalue weighted by Crippen LogP contribution is 2.33. The van der Waals surface area contributed by atoms with Gasteiger partial charge in [-0.1, -0.05) is 19.1 Å². The number of ether oxygens (including phenoxy) is 3. The van der Waals surface area contributed by atoms with Gasteiger partial charge in [0.05, 0.1) is 47.6 Å². The van der Waals surface area contributed by atoms with Crippen LogP contribution in [-0.4, -0.2) is 56.7 Å². The summed E-state index contributed by atoms with van der Waals surface area (Å²) in [5.41, 5.74) is 2.54. The van der Waals surface area contributed by atoms with E-state index >= 15 is 0 Å². The summed E-state index contributed by atoms with van der Waals surface area (Å²) in [6, 6.07) is 13.0. The lowest BCUT2D eigenvalue weighted by Crippen LogP contribution is -2.24. The highest BCUT2D eigenvalue weighted by Gasteiger charge is 2.13. The molecule has 1 N–H and O–H groups in total. The van der Waals surface area contributed by atoms with E-state index in [0.717, 1.165) is 19.4 Å². The van der Waals surface area contributed by atoms with Crippen molar-refractivity contribution in [2.24, 2.45) is 0 Å². The first kappa shape index (κ1) is 25.6. The van der Waals surface area contributed by atoms with Crippen LogP contribution in [0.1, 0.15) is 26.2 Å². The van der Waals surface area contributed by atoms with Crippen LogP contribution in [0.4, 0.5) is 0 Å². The lowest BCUT2D eigenvalue weighted by atomic mass is 10.3. The molecule has 33 heavy (non-hydrogen) atoms. The van der Waals surface area contributed by atoms with E-state index in [1.807, 2.05) is 6.92 Å². The quantitative estimate of drug-likeness (QED) is 0.261. The van der Waals surface area contributed by atoms with E-state index in [0.29, 0.717) is 52.6 Å². The number of hydrogen-bond acceptors (Lipinski definition) is 6. The maximum absolute atomic E-state index is 11.1. The molecule has 0 radical (unpaired) electrons. The molecular formula is C25H34N2O4S2. The molecule has 0 saturated heterocycles. The van der Waals surface area contributed by atoms with Crippen LogP contribution in [0.3, 0.4) is 0 Å². The smallest absolute Gasteiger partial charge is 0.219 e. The number of carbonyl (C=O) groups is 1. The molecule has 3 aromatic heterocycles. The molecule has 0 fully saturated rings. The summed E-state index contributed by atoms with van der Waals surface area (Å²) >= 11 is 3.55. The molecule has 3 heterocycles. The summed E-state index contributed by atoms with van der Waals surface area (Å²) in [5, 5.41) is 7.08. The molecule has 0 aliphatic carbocycles. The third kappa shape index (κ3) is 8.72. The molecule has 0 spiro atoms. The van der Waals surface area contributed by atoms with Crippen molar-refractivity contribution >= 4 is 28.6 Å². The average molecular weight is 491 g/mol. The van der Waals surface area contributed by atoms with Crippen LogP contribution in [-0.2, 0) is 25.5 Å². The largest absolute Gasteiger partial charge is 0.379 e. The molecule has 0 saturated carbocycles. The Morgan fingerprint density at radius 2 is 1.36 bits per heavy atom. The highest BCUT2D eigenvalue weighted by atomic mass is 32.1. The first-order valence-corrected chi connectivity index (χ1v) is 13.3. The predicted molar refractivity (Wildman–Crippen MR) is 136 cm³/mol. The van der Waals surface area contributed by atoms with Crippen LogP contribution in [0.25, 0.3) is 21.1 Å². The summed E-state index contributed by atoms with van der Waals surface area (Å²) in [6.07, 6.45) is 2.29. The molecule has 180 valence electrons. The van der Waals surface area contributed by atoms with Gasteiger partial charge in [0.25, 0.3) is 0 Å². The van der Waals surface area contributed by atoms with Gasteiger partial charge >= 0.3 is 0 Å². The van der Waals surface area contributed by atoms with Crippen LogP contribution in [0.2, 0.25) is 0 Å². The minimum atomic E-state index is 0.0811. The van der Waals surface area contributed by atoms with Gasteiger partial charge in [0.15, 0.2) is 0 Å². The summed E-state index contributed by atoms with van der Waals surface area (Å²) in [4.78, 5) is 13.7. The van der Waals surface area contributed by atoms with Crippen LogP contribution < -0.4 is 5.32 Å². The van der Waals surface area contributed by atoms with Crippen molar-refractivity contribution in [2.45, 2.75) is 32.7 Å². The van der Waals surface area contributed by atoms with Gasteiger partial charge in [-0.3, -0.25) is 4.79 Å². The fourth-order valence-corrected chi connectivity index (χ4v) is 4.90. The van der Waals surface area contributed by atoms with Gasteiger partial charge in [0.2, 0.25) is 5.91 Å². The minimum absolute atomic E-state index is 0.0811. The number of aromatic nitrogens is 1. The third-order valence-electron chi connectivity index (χ3n) is 5.05. The topological polar surface area (TPSA) is 61.7 Å². The molecule has 0 bridgehead atoms. The molecule has 0 aliphatic rings. The standard InChI is InChI=1S/C25H34N2O4S2/c1-2-25(28)26-11-5-13-29-15-17-31-18-16-30-14-6-12-27-21(23-7-3-19-32-23)9-10-22(27)24-8-4-20-33-24/h3-4,7-10,19-20H,2,5-6,11-18H2,1H3,(H,26,28). The molecule has 0 aromatic carbocycles. The third-order valence-corrected chi connectivity index (χ3v) is 6.84. The lowest BCUT2D eigenvalue weighted by Gasteiger charge is -2.13. The molecule has 6 nitrogen and oxygen atoms in total. The number of carbonyl (C=O) groups excluding carboxylic acids is 1. The zero-order valence-electron chi connectivity index (χ0n) is 19.3. The molecule has 1 amide bonds. The van der Waals surface area contributed by atoms with E-state index in [9.17, 15) is 4.79 Å². The monoisotopic (exact) mass is 490 g/mol. The van der Waals surface area contributed by atoms with E-state index in [1.54, 1.807) is 22.7 Å². The van der Waals surface area contributed by atoms with Gasteiger partial charge in [-0.2, -0.15) is 0 Å². The van der Waals surface area contributed by atoms with Crippen molar-refractivity contribution in [3.63, 3.8) is 0 Å². The van der Waals surface area contributed by atoms with Gasteiger partial charge in [0, 0.05) is 32.7 Å². The second-order valence-electron chi connectivity index (χ2n) is 7.46. The van der Waals surface area contributed by atoms with Crippen molar-refractivity contribution in [3.8, 4) is 21.1 Å². The van der Waals surface area contributed by atoms with Crippen LogP contribution in [0, 0.1) is 0 Å². The van der Waals surface area contributed by atoms with E-state index in [1.165, 1.54) is 21.1 Å². The van der Waals surface area contributed by atoms with E-state index in [-0.39, 0.29) is 5.91 Å². The van der Waals surface area contributed by atoms with Gasteiger partial charge in [-0.15, -0.1) is 22.7 Å². The predicted octanol–water partition coefficient (Wildman–Crippen LogP) is 5.30. The van der Waals surface area contributed by atoms with Gasteiger partial charge in [-0.25, -0.2) is 0 Å². The van der Waals surface area contributed by atoms with Gasteiger partial charge < -0.3 is 24.1 Å². The Hall–Kier alpha value is -1.97. The van der Waals surface area contributed by atoms with Crippen LogP contribution in [0.15, 0.2) is 47.2 Å². The normalized spacial score (nSPS) is 11.2. The first-order valence-electron chi connectivity index (χ1n) is 11.6. The number of amides is 1. The number of thiophene rings is 2. The van der Waals surface area contributed by atoms with Gasteiger partial charge in [-0.05, 0) is 47.9 Å². The number of hydrogen-bond donors (Lipinski definition) is 1. The SMILES string of the molecule is CCC(=O)NCCCOCCOCCOCCCn1c(-c2cccs2)ccc1-c1cccs1. The Morgan fingerprint density at radius 1 is 0.818 bits per heavy atom. The molecule has 0 atom stereocenters. The Kier molecular flexibility index (Phi) is 11.7. The summed E-state index contributed by atoms with van der Waals surface area (Å²) in [6.45, 7) is 7.03. The zero-order chi connectivity index (χ0) is 23.1. The van der Waals surface area contributed by atoms with Crippen molar-refractivity contribution in [2.75, 3.05) is 46.2 Å². The van der Waals surface area contributed by atoms with Crippen molar-refractivity contribution in [1.29, 1.82) is 0 Å². The second kappa shape index (κ2) is 15.0. The molecular weight excluding hydrogens is 456 g/mol. The number of nitrogens with zero attached hydrogens (tertiary/aromatic N) is 1. The molecule has 0 unspecified atom stereocenters. The van der Waals surface area contributed by atoms with Crippen LogP contribution >= 0.6 is 22.7 Å². The highest BCUT2D eigenvalue weighted by molar-refractivity contribution is 7.14. The summed E-state index contributed by atoms with van der Waals surface area (Å²) in [7, 11) is 0. The molecule has 3 rings (SSSR count). The van der Waals surface area contributed by atoms with E-state index < -0.39 is 0 Å². The second-order valence-corrected chi connectivity index (χ2v) is 9.35. The van der Waals surface area contributed by atoms with Crippen molar-refractivity contribution in [3.05, 3.63) is 47.2 Å². The Labute approximate surface area is 204 Å². The van der Waals surface area contributed by atoms with Gasteiger partial charge in [0.1, 0.15) is 0 Å². The zero-order valence-corrected chi connectivity index (χ0v) is 20.9. The maximum atomic E-state index is 11.1. The van der Waals surface area contributed by atoms with E-state index in [4.69, 9.17) is 14.2 Å². The number of nitrogens with one attached hydrogen (secondary N) is 1. The molecule has 0 aliphatic heterocycles. The Balaban J connectivity index is 1.26. The first-order chi connectivity index (χ1) is 16.3. The average Bonchev–Trinajstić information content (AvgIpc) is 3.60. The summed E-state index contributed by atoms with van der Waals surface area (Å²) < 4.78 is 19.2. The number of rotatable bonds is 17. The fraction of sp³-hybridized carbons (Fsp3) is 0.480. The molecule has 3 aromatic rings. The summed E-state index contributed by atoms with van der Waals surface area (Å²) in [5.74, 6) is 0.0811. The van der Waals surface area contributed by atoms with Crippen molar-refractivity contribution in [1.82, 2.24) is 9.88 Å².